The fourth-order valence-electron chi connectivity index (χ4n) is 3.27. The second-order valence-electron chi connectivity index (χ2n) is 5.69. The predicted molar refractivity (Wildman–Crippen MR) is 80.0 cm³/mol. The van der Waals surface area contributed by atoms with E-state index >= 15 is 0 Å². The number of nitrogens with zero attached hydrogens (tertiary/aromatic N) is 2. The van der Waals surface area contributed by atoms with Crippen molar-refractivity contribution in [3.63, 3.8) is 0 Å². The Labute approximate surface area is 121 Å². The molecule has 0 bridgehead atoms. The summed E-state index contributed by atoms with van der Waals surface area (Å²) in [6.07, 6.45) is 2.04. The highest BCUT2D eigenvalue weighted by molar-refractivity contribution is 7.89. The van der Waals surface area contributed by atoms with Gasteiger partial charge in [0.15, 0.2) is 0 Å². The number of hydrogen-bond acceptors (Lipinski definition) is 3. The standard InChI is InChI=1S/C15H22N2O2S/c1-2-20(18,19)17-10-8-15(12-17)16-9-7-13-5-3-4-6-14(13)11-16/h3-6,15H,2,7-12H2,1H3. The number of sulfonamides is 1. The van der Waals surface area contributed by atoms with Crippen molar-refractivity contribution in [1.82, 2.24) is 9.21 Å². The van der Waals surface area contributed by atoms with E-state index in [4.69, 9.17) is 0 Å². The molecule has 3 rings (SSSR count). The molecular weight excluding hydrogens is 272 g/mol. The summed E-state index contributed by atoms with van der Waals surface area (Å²) in [5.74, 6) is 0.211. The second kappa shape index (κ2) is 5.47. The van der Waals surface area contributed by atoms with E-state index in [1.165, 1.54) is 11.1 Å². The topological polar surface area (TPSA) is 40.6 Å². The van der Waals surface area contributed by atoms with Gasteiger partial charge < -0.3 is 0 Å². The van der Waals surface area contributed by atoms with Crippen LogP contribution in [-0.4, -0.2) is 49.1 Å². The van der Waals surface area contributed by atoms with E-state index in [9.17, 15) is 8.42 Å². The Morgan fingerprint density at radius 2 is 1.95 bits per heavy atom. The summed E-state index contributed by atoms with van der Waals surface area (Å²) in [4.78, 5) is 2.45. The molecule has 5 heteroatoms. The Morgan fingerprint density at radius 3 is 2.70 bits per heavy atom. The van der Waals surface area contributed by atoms with Crippen molar-refractivity contribution in [3.8, 4) is 0 Å². The smallest absolute Gasteiger partial charge is 0.213 e. The van der Waals surface area contributed by atoms with Gasteiger partial charge in [0.05, 0.1) is 5.75 Å². The Morgan fingerprint density at radius 1 is 1.20 bits per heavy atom. The van der Waals surface area contributed by atoms with Crippen molar-refractivity contribution in [3.05, 3.63) is 35.4 Å². The minimum absolute atomic E-state index is 0.211. The lowest BCUT2D eigenvalue weighted by Gasteiger charge is -2.33. The minimum atomic E-state index is -3.02. The average Bonchev–Trinajstić information content (AvgIpc) is 2.97. The summed E-state index contributed by atoms with van der Waals surface area (Å²) in [6, 6.07) is 8.96. The van der Waals surface area contributed by atoms with Crippen molar-refractivity contribution >= 4 is 10.0 Å². The Balaban J connectivity index is 1.68. The summed E-state index contributed by atoms with van der Waals surface area (Å²) in [7, 11) is -3.02. The lowest BCUT2D eigenvalue weighted by Crippen LogP contribution is -2.41. The maximum Gasteiger partial charge on any atom is 0.213 e. The maximum atomic E-state index is 11.9. The average molecular weight is 294 g/mol. The van der Waals surface area contributed by atoms with Crippen LogP contribution in [0.5, 0.6) is 0 Å². The first-order valence-corrected chi connectivity index (χ1v) is 8.99. The van der Waals surface area contributed by atoms with E-state index in [0.717, 1.165) is 25.9 Å². The molecule has 1 unspecified atom stereocenters. The number of fused-ring (bicyclic) bond motifs is 1. The van der Waals surface area contributed by atoms with E-state index in [1.807, 2.05) is 0 Å². The molecule has 1 atom stereocenters. The van der Waals surface area contributed by atoms with Crippen LogP contribution in [-0.2, 0) is 23.0 Å². The summed E-state index contributed by atoms with van der Waals surface area (Å²) in [5, 5.41) is 0. The molecule has 0 aromatic heterocycles. The lowest BCUT2D eigenvalue weighted by molar-refractivity contribution is 0.185. The molecule has 0 amide bonds. The van der Waals surface area contributed by atoms with Gasteiger partial charge in [0.1, 0.15) is 0 Å². The van der Waals surface area contributed by atoms with Crippen LogP contribution >= 0.6 is 0 Å². The predicted octanol–water partition coefficient (Wildman–Crippen LogP) is 1.47. The van der Waals surface area contributed by atoms with Crippen molar-refractivity contribution < 1.29 is 8.42 Å². The zero-order valence-electron chi connectivity index (χ0n) is 12.0. The zero-order chi connectivity index (χ0) is 14.2. The SMILES string of the molecule is CCS(=O)(=O)N1CCC(N2CCc3ccccc3C2)C1. The number of hydrogen-bond donors (Lipinski definition) is 0. The fourth-order valence-corrected chi connectivity index (χ4v) is 4.42. The van der Waals surface area contributed by atoms with Crippen LogP contribution in [0.25, 0.3) is 0 Å². The normalized spacial score (nSPS) is 24.8. The van der Waals surface area contributed by atoms with Gasteiger partial charge >= 0.3 is 0 Å². The van der Waals surface area contributed by atoms with Crippen LogP contribution in [0.2, 0.25) is 0 Å². The third kappa shape index (κ3) is 2.62. The molecule has 20 heavy (non-hydrogen) atoms. The quantitative estimate of drug-likeness (QED) is 0.847. The van der Waals surface area contributed by atoms with Crippen LogP contribution in [0, 0.1) is 0 Å². The van der Waals surface area contributed by atoms with Gasteiger partial charge in [-0.15, -0.1) is 0 Å². The molecule has 0 spiro atoms. The van der Waals surface area contributed by atoms with Gasteiger partial charge in [-0.1, -0.05) is 24.3 Å². The van der Waals surface area contributed by atoms with Gasteiger partial charge in [-0.3, -0.25) is 4.90 Å². The monoisotopic (exact) mass is 294 g/mol. The molecule has 1 saturated heterocycles. The summed E-state index contributed by atoms with van der Waals surface area (Å²) < 4.78 is 25.5. The lowest BCUT2D eigenvalue weighted by atomic mass is 9.98. The zero-order valence-corrected chi connectivity index (χ0v) is 12.8. The number of benzene rings is 1. The number of rotatable bonds is 3. The molecule has 2 aliphatic heterocycles. The van der Waals surface area contributed by atoms with Crippen LogP contribution in [0.4, 0.5) is 0 Å². The largest absolute Gasteiger partial charge is 0.294 e. The van der Waals surface area contributed by atoms with Crippen LogP contribution in [0.3, 0.4) is 0 Å². The van der Waals surface area contributed by atoms with Gasteiger partial charge in [-0.25, -0.2) is 12.7 Å². The van der Waals surface area contributed by atoms with Crippen LogP contribution < -0.4 is 0 Å². The highest BCUT2D eigenvalue weighted by Crippen LogP contribution is 2.25. The van der Waals surface area contributed by atoms with Gasteiger partial charge in [-0.05, 0) is 30.9 Å². The van der Waals surface area contributed by atoms with Gasteiger partial charge in [0, 0.05) is 32.2 Å². The summed E-state index contributed by atoms with van der Waals surface area (Å²) >= 11 is 0. The Bertz CT molecular complexity index is 585. The van der Waals surface area contributed by atoms with Gasteiger partial charge in [0.2, 0.25) is 10.0 Å². The van der Waals surface area contributed by atoms with E-state index in [2.05, 4.69) is 29.2 Å². The second-order valence-corrected chi connectivity index (χ2v) is 7.95. The molecule has 0 aliphatic carbocycles. The van der Waals surface area contributed by atoms with Crippen molar-refractivity contribution in [2.75, 3.05) is 25.4 Å². The Kier molecular flexibility index (Phi) is 3.84. The molecule has 110 valence electrons. The minimum Gasteiger partial charge on any atom is -0.294 e. The Hall–Kier alpha value is -0.910. The molecule has 0 N–H and O–H groups in total. The van der Waals surface area contributed by atoms with Crippen LogP contribution in [0.1, 0.15) is 24.5 Å². The van der Waals surface area contributed by atoms with Gasteiger partial charge in [0.25, 0.3) is 0 Å². The fraction of sp³-hybridized carbons (Fsp3) is 0.600. The highest BCUT2D eigenvalue weighted by atomic mass is 32.2. The third-order valence-electron chi connectivity index (χ3n) is 4.56. The first kappa shape index (κ1) is 14.0. The van der Waals surface area contributed by atoms with Crippen LogP contribution in [0.15, 0.2) is 24.3 Å². The molecule has 0 saturated carbocycles. The van der Waals surface area contributed by atoms with Crippen molar-refractivity contribution in [2.24, 2.45) is 0 Å². The van der Waals surface area contributed by atoms with E-state index in [1.54, 1.807) is 11.2 Å². The molecule has 1 fully saturated rings. The van der Waals surface area contributed by atoms with E-state index in [-0.39, 0.29) is 5.75 Å². The van der Waals surface area contributed by atoms with Crippen molar-refractivity contribution in [1.29, 1.82) is 0 Å². The van der Waals surface area contributed by atoms with E-state index in [0.29, 0.717) is 19.1 Å². The summed E-state index contributed by atoms with van der Waals surface area (Å²) in [6.45, 7) is 5.07. The molecule has 1 aromatic rings. The van der Waals surface area contributed by atoms with E-state index < -0.39 is 10.0 Å². The molecule has 2 heterocycles. The third-order valence-corrected chi connectivity index (χ3v) is 6.41. The maximum absolute atomic E-state index is 11.9. The van der Waals surface area contributed by atoms with Crippen molar-refractivity contribution in [2.45, 2.75) is 32.4 Å². The first-order valence-electron chi connectivity index (χ1n) is 7.39. The summed E-state index contributed by atoms with van der Waals surface area (Å²) in [5.41, 5.74) is 2.84. The highest BCUT2D eigenvalue weighted by Gasteiger charge is 2.34. The molecule has 0 radical (unpaired) electrons. The molecular formula is C15H22N2O2S. The molecule has 1 aromatic carbocycles. The van der Waals surface area contributed by atoms with Gasteiger partial charge in [-0.2, -0.15) is 0 Å². The molecule has 2 aliphatic rings. The molecule has 4 nitrogen and oxygen atoms in total. The first-order chi connectivity index (χ1) is 9.60.